The van der Waals surface area contributed by atoms with Crippen molar-refractivity contribution in [3.63, 3.8) is 0 Å². The topological polar surface area (TPSA) is 93.8 Å². The van der Waals surface area contributed by atoms with Gasteiger partial charge in [-0.1, -0.05) is 23.7 Å². The molecule has 8 heteroatoms. The number of pyridine rings is 1. The minimum absolute atomic E-state index is 0.0789. The number of unbranched alkanes of at least 4 members (excludes halogenated alkanes) is 1. The first-order valence-electron chi connectivity index (χ1n) is 10.0. The summed E-state index contributed by atoms with van der Waals surface area (Å²) in [6.45, 7) is 4.20. The van der Waals surface area contributed by atoms with Gasteiger partial charge in [-0.2, -0.15) is 0 Å². The number of fused-ring (bicyclic) bond motifs is 1. The molecule has 0 aliphatic carbocycles. The van der Waals surface area contributed by atoms with Crippen molar-refractivity contribution >= 4 is 22.6 Å². The van der Waals surface area contributed by atoms with Crippen molar-refractivity contribution in [2.24, 2.45) is 0 Å². The number of aromatic nitrogens is 5. The van der Waals surface area contributed by atoms with Gasteiger partial charge >= 0.3 is 0 Å². The molecular formula is C23H22ClN5O2. The second kappa shape index (κ2) is 8.91. The summed E-state index contributed by atoms with van der Waals surface area (Å²) in [5, 5.41) is 10.3. The largest absolute Gasteiger partial charge is 0.396 e. The Labute approximate surface area is 184 Å². The molecule has 3 aromatic heterocycles. The average Bonchev–Trinajstić information content (AvgIpc) is 2.75. The molecule has 4 rings (SSSR count). The number of aryl methyl sites for hydroxylation is 3. The third kappa shape index (κ3) is 4.33. The van der Waals surface area contributed by atoms with Gasteiger partial charge in [0.2, 0.25) is 0 Å². The molecule has 31 heavy (non-hydrogen) atoms. The molecule has 7 nitrogen and oxygen atoms in total. The van der Waals surface area contributed by atoms with E-state index in [0.717, 1.165) is 22.3 Å². The van der Waals surface area contributed by atoms with Gasteiger partial charge < -0.3 is 5.11 Å². The van der Waals surface area contributed by atoms with Gasteiger partial charge in [-0.25, -0.2) is 15.0 Å². The van der Waals surface area contributed by atoms with Gasteiger partial charge in [-0.05, 0) is 38.8 Å². The van der Waals surface area contributed by atoms with Crippen molar-refractivity contribution in [1.29, 1.82) is 0 Å². The zero-order chi connectivity index (χ0) is 22.0. The first-order chi connectivity index (χ1) is 15.0. The zero-order valence-corrected chi connectivity index (χ0v) is 18.1. The molecule has 0 unspecified atom stereocenters. The lowest BCUT2D eigenvalue weighted by molar-refractivity contribution is 0.281. The molecule has 0 amide bonds. The van der Waals surface area contributed by atoms with Crippen LogP contribution in [0.4, 0.5) is 0 Å². The monoisotopic (exact) mass is 435 g/mol. The molecule has 0 aliphatic heterocycles. The first-order valence-corrected chi connectivity index (χ1v) is 10.4. The Morgan fingerprint density at radius 2 is 1.87 bits per heavy atom. The van der Waals surface area contributed by atoms with E-state index in [2.05, 4.69) is 19.9 Å². The summed E-state index contributed by atoms with van der Waals surface area (Å²) >= 11 is 6.62. The van der Waals surface area contributed by atoms with Gasteiger partial charge in [-0.3, -0.25) is 14.3 Å². The summed E-state index contributed by atoms with van der Waals surface area (Å²) in [4.78, 5) is 30.8. The third-order valence-corrected chi connectivity index (χ3v) is 5.36. The van der Waals surface area contributed by atoms with Gasteiger partial charge in [0.05, 0.1) is 17.6 Å². The van der Waals surface area contributed by atoms with Crippen LogP contribution < -0.4 is 5.56 Å². The van der Waals surface area contributed by atoms with Gasteiger partial charge in [-0.15, -0.1) is 0 Å². The normalized spacial score (nSPS) is 11.2. The molecule has 0 fully saturated rings. The SMILES string of the molecule is Cc1cncc(-c2ccc(-c3cc4cnc(C)nc4n(CCCCO)c3=O)c(Cl)c2)n1. The van der Waals surface area contributed by atoms with Crippen LogP contribution in [0.15, 0.2) is 47.7 Å². The van der Waals surface area contributed by atoms with E-state index in [9.17, 15) is 4.79 Å². The van der Waals surface area contributed by atoms with Crippen molar-refractivity contribution in [3.05, 3.63) is 69.8 Å². The molecule has 0 aliphatic rings. The number of nitrogens with zero attached hydrogens (tertiary/aromatic N) is 5. The van der Waals surface area contributed by atoms with Crippen molar-refractivity contribution < 1.29 is 5.11 Å². The second-order valence-corrected chi connectivity index (χ2v) is 7.79. The zero-order valence-electron chi connectivity index (χ0n) is 17.3. The van der Waals surface area contributed by atoms with E-state index >= 15 is 0 Å². The molecule has 0 saturated heterocycles. The van der Waals surface area contributed by atoms with Crippen LogP contribution in [0.1, 0.15) is 24.4 Å². The summed E-state index contributed by atoms with van der Waals surface area (Å²) in [7, 11) is 0. The number of hydrogen-bond acceptors (Lipinski definition) is 6. The Hall–Kier alpha value is -3.16. The van der Waals surface area contributed by atoms with E-state index < -0.39 is 0 Å². The number of hydrogen-bond donors (Lipinski definition) is 1. The van der Waals surface area contributed by atoms with Gasteiger partial charge in [0.1, 0.15) is 11.5 Å². The Bertz CT molecular complexity index is 1320. The minimum Gasteiger partial charge on any atom is -0.396 e. The third-order valence-electron chi connectivity index (χ3n) is 5.05. The van der Waals surface area contributed by atoms with Crippen LogP contribution in [0.2, 0.25) is 5.02 Å². The highest BCUT2D eigenvalue weighted by Crippen LogP contribution is 2.31. The molecule has 1 aromatic carbocycles. The van der Waals surface area contributed by atoms with E-state index in [0.29, 0.717) is 47.0 Å². The van der Waals surface area contributed by atoms with E-state index in [-0.39, 0.29) is 12.2 Å². The molecule has 158 valence electrons. The number of aliphatic hydroxyl groups is 1. The van der Waals surface area contributed by atoms with E-state index in [1.54, 1.807) is 42.2 Å². The Balaban J connectivity index is 1.85. The maximum atomic E-state index is 13.4. The average molecular weight is 436 g/mol. The quantitative estimate of drug-likeness (QED) is 0.461. The highest BCUT2D eigenvalue weighted by molar-refractivity contribution is 6.33. The van der Waals surface area contributed by atoms with E-state index in [1.807, 2.05) is 19.1 Å². The molecule has 0 bridgehead atoms. The fourth-order valence-corrected chi connectivity index (χ4v) is 3.80. The summed E-state index contributed by atoms with van der Waals surface area (Å²) in [5.74, 6) is 0.595. The van der Waals surface area contributed by atoms with E-state index in [4.69, 9.17) is 16.7 Å². The number of halogens is 1. The number of aliphatic hydroxyl groups excluding tert-OH is 1. The van der Waals surface area contributed by atoms with Crippen LogP contribution in [0.5, 0.6) is 0 Å². The van der Waals surface area contributed by atoms with Crippen molar-refractivity contribution in [1.82, 2.24) is 24.5 Å². The van der Waals surface area contributed by atoms with Crippen LogP contribution in [0.25, 0.3) is 33.4 Å². The minimum atomic E-state index is -0.173. The van der Waals surface area contributed by atoms with Crippen molar-refractivity contribution in [2.75, 3.05) is 6.61 Å². The lowest BCUT2D eigenvalue weighted by Crippen LogP contribution is -2.23. The van der Waals surface area contributed by atoms with Crippen LogP contribution in [-0.4, -0.2) is 36.2 Å². The molecular weight excluding hydrogens is 414 g/mol. The Morgan fingerprint density at radius 3 is 2.61 bits per heavy atom. The first kappa shape index (κ1) is 21.1. The Kier molecular flexibility index (Phi) is 6.06. The molecule has 4 aromatic rings. The van der Waals surface area contributed by atoms with Crippen LogP contribution in [-0.2, 0) is 6.54 Å². The lowest BCUT2D eigenvalue weighted by atomic mass is 10.0. The van der Waals surface area contributed by atoms with Gasteiger partial charge in [0, 0.05) is 52.6 Å². The summed E-state index contributed by atoms with van der Waals surface area (Å²) in [5.41, 5.74) is 3.89. The molecule has 0 spiro atoms. The lowest BCUT2D eigenvalue weighted by Gasteiger charge is -2.14. The number of benzene rings is 1. The predicted molar refractivity (Wildman–Crippen MR) is 121 cm³/mol. The fraction of sp³-hybridized carbons (Fsp3) is 0.261. The van der Waals surface area contributed by atoms with Gasteiger partial charge in [0.15, 0.2) is 0 Å². The molecule has 1 N–H and O–H groups in total. The summed E-state index contributed by atoms with van der Waals surface area (Å²) < 4.78 is 1.64. The van der Waals surface area contributed by atoms with Crippen LogP contribution in [0, 0.1) is 13.8 Å². The van der Waals surface area contributed by atoms with Crippen LogP contribution in [0.3, 0.4) is 0 Å². The van der Waals surface area contributed by atoms with Crippen LogP contribution >= 0.6 is 11.6 Å². The maximum absolute atomic E-state index is 13.4. The molecule has 0 radical (unpaired) electrons. The molecule has 0 saturated carbocycles. The van der Waals surface area contributed by atoms with Crippen molar-refractivity contribution in [3.8, 4) is 22.4 Å². The highest BCUT2D eigenvalue weighted by Gasteiger charge is 2.16. The summed E-state index contributed by atoms with van der Waals surface area (Å²) in [6, 6.07) is 7.30. The number of rotatable bonds is 6. The summed E-state index contributed by atoms with van der Waals surface area (Å²) in [6.07, 6.45) is 6.36. The highest BCUT2D eigenvalue weighted by atomic mass is 35.5. The fourth-order valence-electron chi connectivity index (χ4n) is 3.52. The smallest absolute Gasteiger partial charge is 0.260 e. The second-order valence-electron chi connectivity index (χ2n) is 7.38. The standard InChI is InChI=1S/C23H22ClN5O2/c1-14-11-25-13-21(27-14)16-5-6-18(20(24)10-16)19-9-17-12-26-15(2)28-22(17)29(23(19)31)7-3-4-8-30/h5-6,9-13,30H,3-4,7-8H2,1-2H3. The van der Waals surface area contributed by atoms with Crippen molar-refractivity contribution in [2.45, 2.75) is 33.2 Å². The molecule has 3 heterocycles. The molecule has 0 atom stereocenters. The van der Waals surface area contributed by atoms with E-state index in [1.165, 1.54) is 0 Å². The van der Waals surface area contributed by atoms with Gasteiger partial charge in [0.25, 0.3) is 5.56 Å². The Morgan fingerprint density at radius 1 is 1.03 bits per heavy atom. The maximum Gasteiger partial charge on any atom is 0.260 e. The predicted octanol–water partition coefficient (Wildman–Crippen LogP) is 3.96.